The Labute approximate surface area is 150 Å². The van der Waals surface area contributed by atoms with E-state index in [1.54, 1.807) is 0 Å². The van der Waals surface area contributed by atoms with Crippen LogP contribution in [0, 0.1) is 6.57 Å². The number of alkyl halides is 9. The highest BCUT2D eigenvalue weighted by Crippen LogP contribution is 2.39. The van der Waals surface area contributed by atoms with Crippen LogP contribution in [0.3, 0.4) is 0 Å². The van der Waals surface area contributed by atoms with Gasteiger partial charge in [-0.05, 0) is 12.1 Å². The van der Waals surface area contributed by atoms with Gasteiger partial charge in [-0.15, -0.1) is 0 Å². The molecular weight excluding hydrogens is 411 g/mol. The van der Waals surface area contributed by atoms with Crippen LogP contribution in [0.5, 0.6) is 0 Å². The van der Waals surface area contributed by atoms with Gasteiger partial charge in [0.1, 0.15) is 6.54 Å². The minimum absolute atomic E-state index is 0.286. The van der Waals surface area contributed by atoms with Crippen LogP contribution >= 0.6 is 0 Å². The van der Waals surface area contributed by atoms with Crippen LogP contribution in [0.4, 0.5) is 50.9 Å². The van der Waals surface area contributed by atoms with Crippen LogP contribution in [0.2, 0.25) is 0 Å². The van der Waals surface area contributed by atoms with Crippen LogP contribution in [-0.4, -0.2) is 22.9 Å². The van der Waals surface area contributed by atoms with Crippen molar-refractivity contribution in [2.75, 3.05) is 11.4 Å². The Balaban J connectivity index is 2.44. The summed E-state index contributed by atoms with van der Waals surface area (Å²) in [7, 11) is 0. The highest BCUT2D eigenvalue weighted by Gasteiger charge is 2.39. The second-order valence-electron chi connectivity index (χ2n) is 5.30. The summed E-state index contributed by atoms with van der Waals surface area (Å²) in [6.45, 7) is 3.89. The quantitative estimate of drug-likeness (QED) is 0.504. The molecule has 5 nitrogen and oxygen atoms in total. The van der Waals surface area contributed by atoms with Gasteiger partial charge in [-0.3, -0.25) is 0 Å². The highest BCUT2D eigenvalue weighted by molar-refractivity contribution is 5.62. The van der Waals surface area contributed by atoms with E-state index in [0.717, 1.165) is 6.07 Å². The van der Waals surface area contributed by atoms with Crippen molar-refractivity contribution in [1.29, 1.82) is 0 Å². The first-order chi connectivity index (χ1) is 12.7. The van der Waals surface area contributed by atoms with Gasteiger partial charge in [0.05, 0.1) is 18.7 Å². The van der Waals surface area contributed by atoms with Crippen molar-refractivity contribution in [2.24, 2.45) is 0 Å². The molecule has 0 radical (unpaired) electrons. The fraction of sp³-hybridized carbons (Fsp3) is 0.357. The number of aromatic nitrogens is 2. The molecule has 0 aliphatic rings. The molecule has 0 saturated heterocycles. The molecule has 1 aromatic heterocycles. The second-order valence-corrected chi connectivity index (χ2v) is 5.30. The SMILES string of the molecule is [C-]#[N+]c1ccc(N(Cc2noc(C(F)(F)F)n2)CC(F)(F)F)cc1C(F)(F)F. The minimum Gasteiger partial charge on any atom is -0.355 e. The molecule has 2 rings (SSSR count). The molecule has 0 amide bonds. The zero-order chi connectivity index (χ0) is 21.3. The van der Waals surface area contributed by atoms with Gasteiger partial charge >= 0.3 is 24.4 Å². The van der Waals surface area contributed by atoms with E-state index in [-0.39, 0.29) is 4.90 Å². The second kappa shape index (κ2) is 7.21. The molecule has 0 aliphatic carbocycles. The van der Waals surface area contributed by atoms with Gasteiger partial charge in [0.2, 0.25) is 0 Å². The number of hydrogen-bond donors (Lipinski definition) is 0. The van der Waals surface area contributed by atoms with E-state index in [1.165, 1.54) is 0 Å². The summed E-state index contributed by atoms with van der Waals surface area (Å²) in [5.41, 5.74) is -2.98. The maximum atomic E-state index is 13.0. The third-order valence-electron chi connectivity index (χ3n) is 3.18. The Bertz CT molecular complexity index is 877. The van der Waals surface area contributed by atoms with E-state index in [9.17, 15) is 39.5 Å². The highest BCUT2D eigenvalue weighted by atomic mass is 19.4. The molecule has 1 heterocycles. The summed E-state index contributed by atoms with van der Waals surface area (Å²) in [6.07, 6.45) is -15.0. The van der Waals surface area contributed by atoms with Crippen LogP contribution in [-0.2, 0) is 18.9 Å². The first-order valence-corrected chi connectivity index (χ1v) is 7.01. The first kappa shape index (κ1) is 21.3. The normalized spacial score (nSPS) is 12.7. The lowest BCUT2D eigenvalue weighted by Crippen LogP contribution is -2.34. The van der Waals surface area contributed by atoms with E-state index < -0.39 is 60.3 Å². The molecule has 1 aromatic carbocycles. The van der Waals surface area contributed by atoms with Crippen molar-refractivity contribution >= 4 is 11.4 Å². The Morgan fingerprint density at radius 2 is 1.64 bits per heavy atom. The van der Waals surface area contributed by atoms with Gasteiger partial charge in [-0.1, -0.05) is 11.2 Å². The summed E-state index contributed by atoms with van der Waals surface area (Å²) >= 11 is 0. The van der Waals surface area contributed by atoms with Crippen molar-refractivity contribution in [3.63, 3.8) is 0 Å². The molecule has 0 spiro atoms. The molecular formula is C14H7F9N4O. The standard InChI is InChI=1S/C14H7F9N4O/c1-24-9-3-2-7(4-8(9)13(18,19)20)27(6-12(15,16)17)5-10-25-11(28-26-10)14(21,22)23/h2-4H,5-6H2. The number of anilines is 1. The Hall–Kier alpha value is -2.98. The number of hydrogen-bond acceptors (Lipinski definition) is 4. The summed E-state index contributed by atoms with van der Waals surface area (Å²) in [6, 6.07) is 1.76. The molecule has 0 saturated carbocycles. The number of halogens is 9. The van der Waals surface area contributed by atoms with Gasteiger partial charge < -0.3 is 9.42 Å². The Kier molecular flexibility index (Phi) is 5.49. The van der Waals surface area contributed by atoms with Crippen molar-refractivity contribution in [1.82, 2.24) is 10.1 Å². The largest absolute Gasteiger partial charge is 0.471 e. The van der Waals surface area contributed by atoms with Crippen molar-refractivity contribution in [3.8, 4) is 0 Å². The van der Waals surface area contributed by atoms with Gasteiger partial charge in [-0.2, -0.15) is 44.5 Å². The molecule has 28 heavy (non-hydrogen) atoms. The van der Waals surface area contributed by atoms with Crippen molar-refractivity contribution < 1.29 is 44.0 Å². The van der Waals surface area contributed by atoms with Crippen molar-refractivity contribution in [3.05, 3.63) is 46.9 Å². The zero-order valence-electron chi connectivity index (χ0n) is 13.2. The fourth-order valence-electron chi connectivity index (χ4n) is 2.10. The molecule has 14 heteroatoms. The lowest BCUT2D eigenvalue weighted by atomic mass is 10.1. The summed E-state index contributed by atoms with van der Waals surface area (Å²) in [4.78, 5) is 5.84. The van der Waals surface area contributed by atoms with Gasteiger partial charge in [-0.25, -0.2) is 4.85 Å². The Morgan fingerprint density at radius 3 is 2.11 bits per heavy atom. The van der Waals surface area contributed by atoms with E-state index >= 15 is 0 Å². The fourth-order valence-corrected chi connectivity index (χ4v) is 2.10. The van der Waals surface area contributed by atoms with Crippen LogP contribution in [0.1, 0.15) is 17.3 Å². The summed E-state index contributed by atoms with van der Waals surface area (Å²) in [5, 5.41) is 2.90. The van der Waals surface area contributed by atoms with Gasteiger partial charge in [0.15, 0.2) is 11.5 Å². The van der Waals surface area contributed by atoms with E-state index in [1.807, 2.05) is 0 Å². The predicted octanol–water partition coefficient (Wildman–Crippen LogP) is 5.23. The maximum absolute atomic E-state index is 13.0. The average molecular weight is 418 g/mol. The molecule has 0 aliphatic heterocycles. The number of benzene rings is 1. The molecule has 0 fully saturated rings. The smallest absolute Gasteiger partial charge is 0.355 e. The van der Waals surface area contributed by atoms with Gasteiger partial charge in [0.25, 0.3) is 0 Å². The topological polar surface area (TPSA) is 46.5 Å². The van der Waals surface area contributed by atoms with Crippen molar-refractivity contribution in [2.45, 2.75) is 25.1 Å². The van der Waals surface area contributed by atoms with E-state index in [2.05, 4.69) is 19.5 Å². The van der Waals surface area contributed by atoms with Crippen LogP contribution in [0.15, 0.2) is 22.7 Å². The molecule has 2 aromatic rings. The lowest BCUT2D eigenvalue weighted by molar-refractivity contribution is -0.159. The Morgan fingerprint density at radius 1 is 1.00 bits per heavy atom. The minimum atomic E-state index is -5.04. The average Bonchev–Trinajstić information content (AvgIpc) is 3.00. The lowest BCUT2D eigenvalue weighted by Gasteiger charge is -2.25. The van der Waals surface area contributed by atoms with Crippen LogP contribution < -0.4 is 4.90 Å². The van der Waals surface area contributed by atoms with Crippen LogP contribution in [0.25, 0.3) is 4.85 Å². The number of nitrogens with zero attached hydrogens (tertiary/aromatic N) is 4. The van der Waals surface area contributed by atoms with E-state index in [4.69, 9.17) is 6.57 Å². The molecule has 0 atom stereocenters. The monoisotopic (exact) mass is 418 g/mol. The summed E-state index contributed by atoms with van der Waals surface area (Å²) in [5.74, 6) is -2.63. The zero-order valence-corrected chi connectivity index (χ0v) is 13.2. The third-order valence-corrected chi connectivity index (χ3v) is 3.18. The number of rotatable bonds is 4. The molecule has 152 valence electrons. The first-order valence-electron chi connectivity index (χ1n) is 7.01. The maximum Gasteiger partial charge on any atom is 0.471 e. The predicted molar refractivity (Wildman–Crippen MR) is 74.1 cm³/mol. The third kappa shape index (κ3) is 5.27. The molecule has 0 N–H and O–H groups in total. The molecule has 0 bridgehead atoms. The summed E-state index contributed by atoms with van der Waals surface area (Å²) < 4.78 is 119. The van der Waals surface area contributed by atoms with Gasteiger partial charge in [0, 0.05) is 5.69 Å². The molecule has 0 unspecified atom stereocenters. The van der Waals surface area contributed by atoms with E-state index in [0.29, 0.717) is 12.1 Å².